The molecule has 0 fully saturated rings. The van der Waals surface area contributed by atoms with Crippen LogP contribution in [-0.4, -0.2) is 17.0 Å². The zero-order valence-electron chi connectivity index (χ0n) is 17.6. The highest BCUT2D eigenvalue weighted by atomic mass is 32.2. The van der Waals surface area contributed by atoms with E-state index in [1.807, 2.05) is 22.8 Å². The van der Waals surface area contributed by atoms with Crippen LogP contribution in [0.15, 0.2) is 93.6 Å². The molecule has 3 nitrogen and oxygen atoms in total. The number of hydrogen-bond donors (Lipinski definition) is 0. The Morgan fingerprint density at radius 2 is 1.03 bits per heavy atom. The maximum Gasteiger partial charge on any atom is 0.0812 e. The van der Waals surface area contributed by atoms with Gasteiger partial charge in [0.25, 0.3) is 0 Å². The molecular weight excluding hydrogens is 463 g/mol. The van der Waals surface area contributed by atoms with Crippen molar-refractivity contribution in [1.29, 1.82) is 0 Å². The monoisotopic (exact) mass is 479 g/mol. The van der Waals surface area contributed by atoms with Crippen molar-refractivity contribution in [3.63, 3.8) is 0 Å². The van der Waals surface area contributed by atoms with Gasteiger partial charge in [-0.25, -0.2) is 9.97 Å². The van der Waals surface area contributed by atoms with Crippen LogP contribution in [0, 0.1) is 0 Å². The molecule has 4 aromatic carbocycles. The normalized spacial score (nSPS) is 12.8. The first kappa shape index (κ1) is 19.3. The molecule has 0 spiro atoms. The quantitative estimate of drug-likeness (QED) is 0.249. The van der Waals surface area contributed by atoms with Crippen LogP contribution >= 0.6 is 34.4 Å². The third-order valence-corrected chi connectivity index (χ3v) is 8.87. The summed E-state index contributed by atoms with van der Waals surface area (Å²) in [7, 11) is 2.16. The van der Waals surface area contributed by atoms with Gasteiger partial charge in [0.2, 0.25) is 0 Å². The summed E-state index contributed by atoms with van der Waals surface area (Å²) in [5, 5.41) is 0. The van der Waals surface area contributed by atoms with Crippen LogP contribution in [0.3, 0.4) is 0 Å². The minimum atomic E-state index is 1.06. The summed E-state index contributed by atoms with van der Waals surface area (Å²) in [4.78, 5) is 13.7. The molecule has 7 rings (SSSR count). The maximum atomic E-state index is 4.41. The zero-order chi connectivity index (χ0) is 21.9. The molecule has 2 aromatic heterocycles. The Hall–Kier alpha value is -3.19. The van der Waals surface area contributed by atoms with E-state index in [1.54, 1.807) is 22.7 Å². The Labute approximate surface area is 203 Å². The van der Waals surface area contributed by atoms with Crippen molar-refractivity contribution in [2.75, 3.05) is 11.9 Å². The number of anilines is 2. The average molecular weight is 480 g/mol. The van der Waals surface area contributed by atoms with Crippen molar-refractivity contribution in [3.8, 4) is 22.3 Å². The number of benzene rings is 4. The molecule has 6 aromatic rings. The van der Waals surface area contributed by atoms with E-state index < -0.39 is 0 Å². The average Bonchev–Trinajstić information content (AvgIpc) is 3.52. The summed E-state index contributed by atoms with van der Waals surface area (Å²) in [6, 6.07) is 26.6. The molecule has 0 unspecified atom stereocenters. The molecule has 0 saturated heterocycles. The molecule has 3 heterocycles. The molecule has 0 bridgehead atoms. The van der Waals surface area contributed by atoms with E-state index in [2.05, 4.69) is 94.7 Å². The smallest absolute Gasteiger partial charge is 0.0812 e. The van der Waals surface area contributed by atoms with Gasteiger partial charge in [-0.05, 0) is 70.8 Å². The van der Waals surface area contributed by atoms with Crippen molar-refractivity contribution in [2.45, 2.75) is 9.79 Å². The molecule has 0 saturated carbocycles. The van der Waals surface area contributed by atoms with Crippen LogP contribution < -0.4 is 4.90 Å². The second-order valence-corrected chi connectivity index (χ2v) is 11.0. The van der Waals surface area contributed by atoms with Gasteiger partial charge in [-0.1, -0.05) is 36.0 Å². The molecule has 0 N–H and O–H groups in total. The summed E-state index contributed by atoms with van der Waals surface area (Å²) in [5.41, 5.74) is 13.4. The van der Waals surface area contributed by atoms with Crippen molar-refractivity contribution >= 4 is 66.2 Å². The predicted octanol–water partition coefficient (Wildman–Crippen LogP) is 8.47. The van der Waals surface area contributed by atoms with Crippen LogP contribution in [0.25, 0.3) is 42.7 Å². The van der Waals surface area contributed by atoms with E-state index in [9.17, 15) is 0 Å². The summed E-state index contributed by atoms with van der Waals surface area (Å²) in [6.07, 6.45) is 0. The Bertz CT molecular complexity index is 1560. The van der Waals surface area contributed by atoms with E-state index >= 15 is 0 Å². The van der Waals surface area contributed by atoms with Gasteiger partial charge in [-0.2, -0.15) is 0 Å². The second-order valence-electron chi connectivity index (χ2n) is 8.10. The van der Waals surface area contributed by atoms with E-state index in [0.29, 0.717) is 0 Å². The summed E-state index contributed by atoms with van der Waals surface area (Å²) in [6.45, 7) is 0. The highest BCUT2D eigenvalue weighted by molar-refractivity contribution is 7.99. The van der Waals surface area contributed by atoms with E-state index in [0.717, 1.165) is 11.0 Å². The van der Waals surface area contributed by atoms with Crippen molar-refractivity contribution in [2.24, 2.45) is 0 Å². The number of thiazole rings is 2. The lowest BCUT2D eigenvalue weighted by atomic mass is 10.0. The Kier molecular flexibility index (Phi) is 4.34. The first-order valence-electron chi connectivity index (χ1n) is 10.6. The Morgan fingerprint density at radius 1 is 0.576 bits per heavy atom. The van der Waals surface area contributed by atoms with Gasteiger partial charge in [0, 0.05) is 16.8 Å². The number of nitrogens with zero attached hydrogens (tertiary/aromatic N) is 3. The third-order valence-electron chi connectivity index (χ3n) is 6.19. The molecule has 6 heteroatoms. The highest BCUT2D eigenvalue weighted by Crippen LogP contribution is 2.49. The molecule has 1 aliphatic rings. The largest absolute Gasteiger partial charge is 0.343 e. The van der Waals surface area contributed by atoms with Crippen LogP contribution in [-0.2, 0) is 0 Å². The topological polar surface area (TPSA) is 29.0 Å². The lowest BCUT2D eigenvalue weighted by molar-refractivity contribution is 1.11. The van der Waals surface area contributed by atoms with Gasteiger partial charge >= 0.3 is 0 Å². The van der Waals surface area contributed by atoms with Crippen LogP contribution in [0.2, 0.25) is 0 Å². The molecule has 0 atom stereocenters. The van der Waals surface area contributed by atoms with Gasteiger partial charge in [-0.15, -0.1) is 22.7 Å². The lowest BCUT2D eigenvalue weighted by Gasteiger charge is -2.30. The Morgan fingerprint density at radius 3 is 1.55 bits per heavy atom. The lowest BCUT2D eigenvalue weighted by Crippen LogP contribution is -2.14. The van der Waals surface area contributed by atoms with Gasteiger partial charge in [0.1, 0.15) is 0 Å². The van der Waals surface area contributed by atoms with Gasteiger partial charge in [0.05, 0.1) is 42.8 Å². The molecule has 0 radical (unpaired) electrons. The van der Waals surface area contributed by atoms with Crippen molar-refractivity contribution < 1.29 is 0 Å². The first-order valence-corrected chi connectivity index (χ1v) is 13.2. The molecule has 0 amide bonds. The molecule has 1 aliphatic heterocycles. The fourth-order valence-corrected chi connectivity index (χ4v) is 7.08. The predicted molar refractivity (Wildman–Crippen MR) is 142 cm³/mol. The minimum absolute atomic E-state index is 1.06. The zero-order valence-corrected chi connectivity index (χ0v) is 20.1. The summed E-state index contributed by atoms with van der Waals surface area (Å²) < 4.78 is 2.45. The second kappa shape index (κ2) is 7.42. The van der Waals surface area contributed by atoms with Crippen molar-refractivity contribution in [3.05, 3.63) is 83.8 Å². The summed E-state index contributed by atoms with van der Waals surface area (Å²) in [5.74, 6) is 0. The molecule has 33 heavy (non-hydrogen) atoms. The first-order chi connectivity index (χ1) is 16.2. The van der Waals surface area contributed by atoms with Crippen LogP contribution in [0.4, 0.5) is 11.4 Å². The van der Waals surface area contributed by atoms with Crippen LogP contribution in [0.1, 0.15) is 0 Å². The van der Waals surface area contributed by atoms with Crippen LogP contribution in [0.5, 0.6) is 0 Å². The summed E-state index contributed by atoms with van der Waals surface area (Å²) >= 11 is 5.23. The van der Waals surface area contributed by atoms with Crippen molar-refractivity contribution in [1.82, 2.24) is 9.97 Å². The Balaban J connectivity index is 1.28. The van der Waals surface area contributed by atoms with E-state index in [-0.39, 0.29) is 0 Å². The fourth-order valence-electron chi connectivity index (χ4n) is 4.42. The van der Waals surface area contributed by atoms with Gasteiger partial charge in [-0.3, -0.25) is 0 Å². The number of aromatic nitrogens is 2. The molecule has 158 valence electrons. The number of hydrogen-bond acceptors (Lipinski definition) is 6. The number of fused-ring (bicyclic) bond motifs is 4. The van der Waals surface area contributed by atoms with Gasteiger partial charge < -0.3 is 4.90 Å². The van der Waals surface area contributed by atoms with Gasteiger partial charge in [0.15, 0.2) is 0 Å². The number of rotatable bonds is 2. The van der Waals surface area contributed by atoms with E-state index in [4.69, 9.17) is 0 Å². The minimum Gasteiger partial charge on any atom is -0.343 e. The van der Waals surface area contributed by atoms with E-state index in [1.165, 1.54) is 52.8 Å². The SMILES string of the molecule is CN1c2ccc(-c3ccc4ncsc4c3)cc2Sc2cc(-c3ccc4ncsc4c3)ccc21. The maximum absolute atomic E-state index is 4.41. The third kappa shape index (κ3) is 3.17. The standard InChI is InChI=1S/C27H17N3S3/c1-30-22-8-4-18(16-2-6-20-24(10-16)31-14-28-20)12-26(22)33-27-13-19(5-9-23(27)30)17-3-7-21-25(11-17)32-15-29-21/h2-15H,1H3. The fraction of sp³-hybridized carbons (Fsp3) is 0.0370. The highest BCUT2D eigenvalue weighted by Gasteiger charge is 2.22. The molecular formula is C27H17N3S3. The molecule has 0 aliphatic carbocycles.